The minimum absolute atomic E-state index is 0. The van der Waals surface area contributed by atoms with Crippen molar-refractivity contribution in [3.63, 3.8) is 0 Å². The molecule has 2 bridgehead atoms. The fraction of sp³-hybridized carbons (Fsp3) is 0.636. The maximum Gasteiger partial charge on any atom is 0.244 e. The molecule has 0 aliphatic carbocycles. The standard InChI is InChI=1S/C22H32N4O2.2ClH/c1-15(27)24-12-20-18-11-17(19-9-5-6-10-26(19)20)13-25(14-18)22(28)21(23)16-7-3-2-4-8-16;;/h2-4,7-8,17-21H,5-6,9-14,23H2,1H3,(H,24,27);2*1H/t17-,18+,19+,20+,21-;;/m1../s1. The lowest BCUT2D eigenvalue weighted by atomic mass is 9.72. The Labute approximate surface area is 191 Å². The Bertz CT molecular complexity index is 720. The van der Waals surface area contributed by atoms with Crippen molar-refractivity contribution in [2.75, 3.05) is 26.2 Å². The van der Waals surface area contributed by atoms with Gasteiger partial charge in [-0.25, -0.2) is 0 Å². The van der Waals surface area contributed by atoms with Gasteiger partial charge < -0.3 is 16.0 Å². The number of amides is 2. The van der Waals surface area contributed by atoms with Crippen molar-refractivity contribution >= 4 is 36.6 Å². The molecule has 3 aliphatic rings. The summed E-state index contributed by atoms with van der Waals surface area (Å²) in [5.74, 6) is 0.959. The number of benzene rings is 1. The highest BCUT2D eigenvalue weighted by molar-refractivity contribution is 5.85. The number of nitrogens with zero attached hydrogens (tertiary/aromatic N) is 2. The first-order chi connectivity index (χ1) is 13.5. The molecule has 3 N–H and O–H groups in total. The van der Waals surface area contributed by atoms with Gasteiger partial charge in [0.25, 0.3) is 0 Å². The van der Waals surface area contributed by atoms with Gasteiger partial charge in [-0.2, -0.15) is 0 Å². The van der Waals surface area contributed by atoms with E-state index in [2.05, 4.69) is 10.2 Å². The summed E-state index contributed by atoms with van der Waals surface area (Å²) in [6.07, 6.45) is 4.83. The van der Waals surface area contributed by atoms with Crippen LogP contribution in [0.25, 0.3) is 0 Å². The molecule has 3 heterocycles. The van der Waals surface area contributed by atoms with E-state index in [9.17, 15) is 9.59 Å². The second-order valence-corrected chi connectivity index (χ2v) is 8.69. The SMILES string of the molecule is CC(=O)NC[C@H]1[C@H]2C[C@H](CN(C(=O)[C@H](N)c3ccccc3)C2)[C@@H]2CCCCN21.Cl.Cl. The Balaban J connectivity index is 0.00000160. The Kier molecular flexibility index (Phi) is 8.98. The van der Waals surface area contributed by atoms with Crippen LogP contribution in [0.4, 0.5) is 0 Å². The molecule has 5 atom stereocenters. The summed E-state index contributed by atoms with van der Waals surface area (Å²) in [6.45, 7) is 4.91. The normalized spacial score (nSPS) is 28.9. The van der Waals surface area contributed by atoms with Crippen molar-refractivity contribution in [1.29, 1.82) is 0 Å². The highest BCUT2D eigenvalue weighted by Gasteiger charge is 2.48. The van der Waals surface area contributed by atoms with E-state index < -0.39 is 6.04 Å². The number of hydrogen-bond donors (Lipinski definition) is 2. The molecule has 6 nitrogen and oxygen atoms in total. The minimum Gasteiger partial charge on any atom is -0.355 e. The summed E-state index contributed by atoms with van der Waals surface area (Å²) in [7, 11) is 0. The highest BCUT2D eigenvalue weighted by atomic mass is 35.5. The van der Waals surface area contributed by atoms with E-state index >= 15 is 0 Å². The molecule has 0 unspecified atom stereocenters. The molecular formula is C22H34Cl2N4O2. The van der Waals surface area contributed by atoms with Crippen LogP contribution in [0.5, 0.6) is 0 Å². The topological polar surface area (TPSA) is 78.7 Å². The smallest absolute Gasteiger partial charge is 0.244 e. The van der Waals surface area contributed by atoms with Gasteiger partial charge in [0, 0.05) is 38.6 Å². The number of likely N-dealkylation sites (tertiary alicyclic amines) is 1. The number of fused-ring (bicyclic) bond motifs is 4. The van der Waals surface area contributed by atoms with Gasteiger partial charge in [0.1, 0.15) is 6.04 Å². The van der Waals surface area contributed by atoms with E-state index in [1.807, 2.05) is 35.2 Å². The van der Waals surface area contributed by atoms with Crippen LogP contribution in [-0.2, 0) is 9.59 Å². The summed E-state index contributed by atoms with van der Waals surface area (Å²) in [4.78, 5) is 29.3. The van der Waals surface area contributed by atoms with Crippen LogP contribution in [0, 0.1) is 11.8 Å². The second-order valence-electron chi connectivity index (χ2n) is 8.69. The summed E-state index contributed by atoms with van der Waals surface area (Å²) in [5, 5.41) is 3.04. The molecule has 0 spiro atoms. The summed E-state index contributed by atoms with van der Waals surface area (Å²) in [6, 6.07) is 9.88. The van der Waals surface area contributed by atoms with Crippen LogP contribution < -0.4 is 11.1 Å². The molecule has 3 fully saturated rings. The molecule has 0 radical (unpaired) electrons. The lowest BCUT2D eigenvalue weighted by Crippen LogP contribution is -2.66. The maximum atomic E-state index is 13.2. The number of nitrogens with two attached hydrogens (primary N) is 1. The molecule has 1 aromatic rings. The number of piperidine rings is 3. The zero-order chi connectivity index (χ0) is 19.7. The Morgan fingerprint density at radius 1 is 1.13 bits per heavy atom. The van der Waals surface area contributed by atoms with Gasteiger partial charge in [0.05, 0.1) is 0 Å². The highest BCUT2D eigenvalue weighted by Crippen LogP contribution is 2.41. The molecule has 2 amide bonds. The van der Waals surface area contributed by atoms with Crippen molar-refractivity contribution in [3.05, 3.63) is 35.9 Å². The quantitative estimate of drug-likeness (QED) is 0.728. The van der Waals surface area contributed by atoms with Crippen molar-refractivity contribution in [1.82, 2.24) is 15.1 Å². The van der Waals surface area contributed by atoms with Crippen LogP contribution in [0.3, 0.4) is 0 Å². The molecule has 8 heteroatoms. The number of rotatable bonds is 4. The van der Waals surface area contributed by atoms with Crippen LogP contribution in [0.15, 0.2) is 30.3 Å². The van der Waals surface area contributed by atoms with Crippen LogP contribution >= 0.6 is 24.8 Å². The third kappa shape index (κ3) is 5.10. The lowest BCUT2D eigenvalue weighted by molar-refractivity contribution is -0.142. The molecule has 30 heavy (non-hydrogen) atoms. The van der Waals surface area contributed by atoms with Gasteiger partial charge in [-0.1, -0.05) is 36.8 Å². The average Bonchev–Trinajstić information content (AvgIpc) is 2.73. The Hall–Kier alpha value is -1.34. The van der Waals surface area contributed by atoms with E-state index in [1.54, 1.807) is 6.92 Å². The zero-order valence-electron chi connectivity index (χ0n) is 17.5. The van der Waals surface area contributed by atoms with Crippen molar-refractivity contribution < 1.29 is 9.59 Å². The van der Waals surface area contributed by atoms with Crippen molar-refractivity contribution in [3.8, 4) is 0 Å². The van der Waals surface area contributed by atoms with Crippen molar-refractivity contribution in [2.24, 2.45) is 17.6 Å². The molecule has 168 valence electrons. The monoisotopic (exact) mass is 456 g/mol. The third-order valence-electron chi connectivity index (χ3n) is 6.92. The van der Waals surface area contributed by atoms with Crippen LogP contribution in [0.2, 0.25) is 0 Å². The summed E-state index contributed by atoms with van der Waals surface area (Å²) < 4.78 is 0. The van der Waals surface area contributed by atoms with Crippen LogP contribution in [-0.4, -0.2) is 59.9 Å². The van der Waals surface area contributed by atoms with E-state index in [0.717, 1.165) is 31.6 Å². The van der Waals surface area contributed by atoms with Gasteiger partial charge in [-0.3, -0.25) is 14.5 Å². The van der Waals surface area contributed by atoms with Gasteiger partial charge in [-0.15, -0.1) is 24.8 Å². The van der Waals surface area contributed by atoms with Crippen molar-refractivity contribution in [2.45, 2.75) is 50.7 Å². The van der Waals surface area contributed by atoms with Gasteiger partial charge >= 0.3 is 0 Å². The predicted molar refractivity (Wildman–Crippen MR) is 123 cm³/mol. The predicted octanol–water partition coefficient (Wildman–Crippen LogP) is 2.37. The maximum absolute atomic E-state index is 13.2. The zero-order valence-corrected chi connectivity index (χ0v) is 19.2. The first-order valence-electron chi connectivity index (χ1n) is 10.6. The molecular weight excluding hydrogens is 423 g/mol. The molecule has 3 aliphatic heterocycles. The number of carbonyl (C=O) groups is 2. The number of carbonyl (C=O) groups excluding carboxylic acids is 2. The van der Waals surface area contributed by atoms with E-state index in [4.69, 9.17) is 5.73 Å². The summed E-state index contributed by atoms with van der Waals surface area (Å²) in [5.41, 5.74) is 7.20. The minimum atomic E-state index is -0.601. The van der Waals surface area contributed by atoms with E-state index in [-0.39, 0.29) is 36.6 Å². The van der Waals surface area contributed by atoms with Gasteiger partial charge in [0.15, 0.2) is 0 Å². The van der Waals surface area contributed by atoms with E-state index in [1.165, 1.54) is 19.3 Å². The second kappa shape index (κ2) is 10.8. The molecule has 0 saturated carbocycles. The van der Waals surface area contributed by atoms with Gasteiger partial charge in [-0.05, 0) is 43.2 Å². The first-order valence-corrected chi connectivity index (χ1v) is 10.6. The summed E-state index contributed by atoms with van der Waals surface area (Å²) >= 11 is 0. The number of halogens is 2. The lowest BCUT2D eigenvalue weighted by Gasteiger charge is -2.57. The fourth-order valence-electron chi connectivity index (χ4n) is 5.62. The first kappa shape index (κ1) is 24.9. The Morgan fingerprint density at radius 3 is 2.53 bits per heavy atom. The van der Waals surface area contributed by atoms with Crippen LogP contribution in [0.1, 0.15) is 44.2 Å². The third-order valence-corrected chi connectivity index (χ3v) is 6.92. The average molecular weight is 457 g/mol. The molecule has 1 aromatic carbocycles. The number of hydrogen-bond acceptors (Lipinski definition) is 4. The Morgan fingerprint density at radius 2 is 1.83 bits per heavy atom. The molecule has 4 rings (SSSR count). The molecule has 3 saturated heterocycles. The van der Waals surface area contributed by atoms with E-state index in [0.29, 0.717) is 30.5 Å². The molecule has 0 aromatic heterocycles. The number of nitrogens with one attached hydrogen (secondary N) is 1. The largest absolute Gasteiger partial charge is 0.355 e. The van der Waals surface area contributed by atoms with Gasteiger partial charge in [0.2, 0.25) is 11.8 Å². The fourth-order valence-corrected chi connectivity index (χ4v) is 5.62.